The largest absolute Gasteiger partial charge is 0.465 e. The molecule has 0 aromatic carbocycles. The Hall–Kier alpha value is -0.320. The fourth-order valence-corrected chi connectivity index (χ4v) is 2.69. The second kappa shape index (κ2) is 10.5. The molecular weight excluding hydrogens is 270 g/mol. The monoisotopic (exact) mass is 296 g/mol. The number of rotatable bonds is 11. The lowest BCUT2D eigenvalue weighted by atomic mass is 10.1. The van der Waals surface area contributed by atoms with Crippen molar-refractivity contribution in [2.24, 2.45) is 0 Å². The highest BCUT2D eigenvalue weighted by molar-refractivity contribution is 7.99. The van der Waals surface area contributed by atoms with Crippen LogP contribution in [-0.2, 0) is 9.53 Å². The maximum atomic E-state index is 13.3. The molecule has 5 heteroatoms. The minimum atomic E-state index is -2.52. The van der Waals surface area contributed by atoms with Gasteiger partial charge >= 0.3 is 5.97 Å². The zero-order chi connectivity index (χ0) is 14.7. The summed E-state index contributed by atoms with van der Waals surface area (Å²) in [5, 5.41) is 0.218. The Bertz CT molecular complexity index is 248. The molecule has 0 saturated carbocycles. The van der Waals surface area contributed by atoms with Crippen molar-refractivity contribution >= 4 is 17.7 Å². The lowest BCUT2D eigenvalue weighted by Crippen LogP contribution is -2.17. The molecule has 0 amide bonds. The third-order valence-electron chi connectivity index (χ3n) is 2.83. The van der Waals surface area contributed by atoms with Crippen molar-refractivity contribution in [3.63, 3.8) is 0 Å². The molecule has 0 saturated heterocycles. The Morgan fingerprint density at radius 1 is 1.26 bits per heavy atom. The first kappa shape index (κ1) is 18.7. The SMILES string of the molecule is CCCC(F)(F)CCCSC(CC)COC(=O)CC. The quantitative estimate of drug-likeness (QED) is 0.409. The highest BCUT2D eigenvalue weighted by atomic mass is 32.2. The summed E-state index contributed by atoms with van der Waals surface area (Å²) >= 11 is 1.62. The van der Waals surface area contributed by atoms with Gasteiger partial charge in [0.25, 0.3) is 0 Å². The molecule has 0 rings (SSSR count). The lowest BCUT2D eigenvalue weighted by Gasteiger charge is -2.17. The Kier molecular flexibility index (Phi) is 10.3. The Morgan fingerprint density at radius 3 is 2.47 bits per heavy atom. The summed E-state index contributed by atoms with van der Waals surface area (Å²) in [5.74, 6) is -2.03. The molecular formula is C14H26F2O2S. The maximum Gasteiger partial charge on any atom is 0.305 e. The van der Waals surface area contributed by atoms with Gasteiger partial charge in [0.2, 0.25) is 5.92 Å². The summed E-state index contributed by atoms with van der Waals surface area (Å²) in [4.78, 5) is 11.0. The average molecular weight is 296 g/mol. The Morgan fingerprint density at radius 2 is 1.95 bits per heavy atom. The molecule has 0 spiro atoms. The van der Waals surface area contributed by atoms with Crippen LogP contribution in [0.3, 0.4) is 0 Å². The van der Waals surface area contributed by atoms with Crippen molar-refractivity contribution in [1.82, 2.24) is 0 Å². The molecule has 0 radical (unpaired) electrons. The van der Waals surface area contributed by atoms with Crippen LogP contribution in [-0.4, -0.2) is 29.5 Å². The second-order valence-corrected chi connectivity index (χ2v) is 6.06. The molecule has 0 aliphatic rings. The molecule has 0 aromatic heterocycles. The van der Waals surface area contributed by atoms with Gasteiger partial charge in [0, 0.05) is 24.5 Å². The van der Waals surface area contributed by atoms with Gasteiger partial charge in [-0.1, -0.05) is 27.2 Å². The van der Waals surface area contributed by atoms with E-state index < -0.39 is 5.92 Å². The molecule has 0 bridgehead atoms. The van der Waals surface area contributed by atoms with E-state index in [2.05, 4.69) is 0 Å². The number of esters is 1. The fourth-order valence-electron chi connectivity index (χ4n) is 1.64. The first-order valence-electron chi connectivity index (χ1n) is 7.10. The van der Waals surface area contributed by atoms with Crippen molar-refractivity contribution < 1.29 is 18.3 Å². The molecule has 1 atom stereocenters. The predicted molar refractivity (Wildman–Crippen MR) is 76.9 cm³/mol. The average Bonchev–Trinajstić information content (AvgIpc) is 2.37. The molecule has 0 aliphatic carbocycles. The van der Waals surface area contributed by atoms with Crippen LogP contribution in [0.5, 0.6) is 0 Å². The first-order chi connectivity index (χ1) is 8.95. The van der Waals surface area contributed by atoms with Gasteiger partial charge in [0.05, 0.1) is 0 Å². The summed E-state index contributed by atoms with van der Waals surface area (Å²) in [6, 6.07) is 0. The summed E-state index contributed by atoms with van der Waals surface area (Å²) in [6.07, 6.45) is 2.22. The van der Waals surface area contributed by atoms with E-state index in [1.54, 1.807) is 25.6 Å². The minimum absolute atomic E-state index is 0.0248. The molecule has 0 heterocycles. The molecule has 0 fully saturated rings. The summed E-state index contributed by atoms with van der Waals surface area (Å²) in [7, 11) is 0. The number of halogens is 2. The molecule has 0 aliphatic heterocycles. The predicted octanol–water partition coefficient (Wildman–Crippen LogP) is 4.67. The summed E-state index contributed by atoms with van der Waals surface area (Å²) in [6.45, 7) is 5.94. The van der Waals surface area contributed by atoms with E-state index in [0.717, 1.165) is 6.42 Å². The van der Waals surface area contributed by atoms with Crippen LogP contribution >= 0.6 is 11.8 Å². The van der Waals surface area contributed by atoms with Gasteiger partial charge in [0.15, 0.2) is 0 Å². The number of thioether (sulfide) groups is 1. The van der Waals surface area contributed by atoms with Crippen LogP contribution in [0.25, 0.3) is 0 Å². The standard InChI is InChI=1S/C14H26F2O2S/c1-4-8-14(15,16)9-7-10-19-12(5-2)11-18-13(17)6-3/h12H,4-11H2,1-3H3. The Labute approximate surface area is 119 Å². The van der Waals surface area contributed by atoms with Crippen molar-refractivity contribution in [3.05, 3.63) is 0 Å². The fraction of sp³-hybridized carbons (Fsp3) is 0.929. The van der Waals surface area contributed by atoms with Crippen LogP contribution < -0.4 is 0 Å². The van der Waals surface area contributed by atoms with Gasteiger partial charge in [-0.2, -0.15) is 11.8 Å². The van der Waals surface area contributed by atoms with E-state index in [1.807, 2.05) is 6.92 Å². The Balaban J connectivity index is 3.75. The molecule has 19 heavy (non-hydrogen) atoms. The number of alkyl halides is 2. The zero-order valence-corrected chi connectivity index (χ0v) is 13.0. The van der Waals surface area contributed by atoms with Gasteiger partial charge in [0.1, 0.15) is 6.61 Å². The zero-order valence-electron chi connectivity index (χ0n) is 12.2. The van der Waals surface area contributed by atoms with Crippen molar-refractivity contribution in [2.75, 3.05) is 12.4 Å². The molecule has 2 nitrogen and oxygen atoms in total. The van der Waals surface area contributed by atoms with Crippen LogP contribution in [0.4, 0.5) is 8.78 Å². The third-order valence-corrected chi connectivity index (χ3v) is 4.30. The van der Waals surface area contributed by atoms with Gasteiger partial charge in [-0.15, -0.1) is 0 Å². The van der Waals surface area contributed by atoms with Crippen LogP contribution in [0.15, 0.2) is 0 Å². The summed E-state index contributed by atoms with van der Waals surface area (Å²) < 4.78 is 31.6. The third kappa shape index (κ3) is 10.2. The van der Waals surface area contributed by atoms with Gasteiger partial charge in [-0.3, -0.25) is 4.79 Å². The van der Waals surface area contributed by atoms with Crippen molar-refractivity contribution in [1.29, 1.82) is 0 Å². The van der Waals surface area contributed by atoms with Crippen LogP contribution in [0.2, 0.25) is 0 Å². The number of hydrogen-bond donors (Lipinski definition) is 0. The molecule has 114 valence electrons. The topological polar surface area (TPSA) is 26.3 Å². The first-order valence-corrected chi connectivity index (χ1v) is 8.15. The normalized spacial score (nSPS) is 13.3. The van der Waals surface area contributed by atoms with Gasteiger partial charge < -0.3 is 4.74 Å². The highest BCUT2D eigenvalue weighted by Gasteiger charge is 2.26. The van der Waals surface area contributed by atoms with Crippen LogP contribution in [0, 0.1) is 0 Å². The van der Waals surface area contributed by atoms with Crippen molar-refractivity contribution in [2.45, 2.75) is 70.5 Å². The highest BCUT2D eigenvalue weighted by Crippen LogP contribution is 2.27. The van der Waals surface area contributed by atoms with Crippen molar-refractivity contribution in [3.8, 4) is 0 Å². The smallest absolute Gasteiger partial charge is 0.305 e. The van der Waals surface area contributed by atoms with E-state index >= 15 is 0 Å². The molecule has 0 aromatic rings. The van der Waals surface area contributed by atoms with E-state index in [1.165, 1.54) is 0 Å². The van der Waals surface area contributed by atoms with E-state index in [-0.39, 0.29) is 24.1 Å². The number of carbonyl (C=O) groups is 1. The number of carbonyl (C=O) groups excluding carboxylic acids is 1. The van der Waals surface area contributed by atoms with Gasteiger partial charge in [-0.05, 0) is 18.6 Å². The van der Waals surface area contributed by atoms with E-state index in [0.29, 0.717) is 31.6 Å². The molecule has 0 N–H and O–H groups in total. The maximum absolute atomic E-state index is 13.3. The van der Waals surface area contributed by atoms with E-state index in [9.17, 15) is 13.6 Å². The lowest BCUT2D eigenvalue weighted by molar-refractivity contribution is -0.143. The van der Waals surface area contributed by atoms with Gasteiger partial charge in [-0.25, -0.2) is 8.78 Å². The van der Waals surface area contributed by atoms with Crippen LogP contribution in [0.1, 0.15) is 59.3 Å². The molecule has 1 unspecified atom stereocenters. The van der Waals surface area contributed by atoms with E-state index in [4.69, 9.17) is 4.74 Å². The summed E-state index contributed by atoms with van der Waals surface area (Å²) in [5.41, 5.74) is 0. The second-order valence-electron chi connectivity index (χ2n) is 4.65. The number of ether oxygens (including phenoxy) is 1. The minimum Gasteiger partial charge on any atom is -0.465 e. The number of hydrogen-bond acceptors (Lipinski definition) is 3.